The summed E-state index contributed by atoms with van der Waals surface area (Å²) in [6, 6.07) is 5.02. The second-order valence-electron chi connectivity index (χ2n) is 7.04. The Morgan fingerprint density at radius 2 is 1.78 bits per heavy atom. The molecule has 0 aliphatic heterocycles. The molecule has 0 saturated heterocycles. The van der Waals surface area contributed by atoms with E-state index in [4.69, 9.17) is 14.2 Å². The van der Waals surface area contributed by atoms with E-state index in [1.165, 1.54) is 6.42 Å². The van der Waals surface area contributed by atoms with Crippen molar-refractivity contribution in [3.63, 3.8) is 0 Å². The fourth-order valence-corrected chi connectivity index (χ4v) is 3.43. The maximum Gasteiger partial charge on any atom is 0.338 e. The fourth-order valence-electron chi connectivity index (χ4n) is 3.43. The maximum atomic E-state index is 12.3. The molecule has 0 spiro atoms. The zero-order valence-electron chi connectivity index (χ0n) is 16.7. The van der Waals surface area contributed by atoms with Crippen molar-refractivity contribution in [3.8, 4) is 11.5 Å². The number of carbonyl (C=O) groups is 2. The van der Waals surface area contributed by atoms with Gasteiger partial charge in [-0.2, -0.15) is 0 Å². The van der Waals surface area contributed by atoms with Crippen molar-refractivity contribution >= 4 is 11.9 Å². The van der Waals surface area contributed by atoms with E-state index in [9.17, 15) is 9.59 Å². The number of hydrogen-bond donors (Lipinski definition) is 1. The van der Waals surface area contributed by atoms with Gasteiger partial charge in [-0.05, 0) is 50.3 Å². The molecule has 6 nitrogen and oxygen atoms in total. The summed E-state index contributed by atoms with van der Waals surface area (Å²) in [7, 11) is 0. The first-order valence-electron chi connectivity index (χ1n) is 9.82. The van der Waals surface area contributed by atoms with E-state index < -0.39 is 5.97 Å². The molecule has 1 aromatic carbocycles. The third-order valence-corrected chi connectivity index (χ3v) is 5.17. The summed E-state index contributed by atoms with van der Waals surface area (Å²) in [6.07, 6.45) is 3.28. The van der Waals surface area contributed by atoms with E-state index in [2.05, 4.69) is 19.2 Å². The molecule has 0 unspecified atom stereocenters. The normalized spacial score (nSPS) is 22.0. The summed E-state index contributed by atoms with van der Waals surface area (Å²) >= 11 is 0. The quantitative estimate of drug-likeness (QED) is 0.701. The molecule has 1 saturated carbocycles. The predicted molar refractivity (Wildman–Crippen MR) is 103 cm³/mol. The first-order valence-corrected chi connectivity index (χ1v) is 9.82. The van der Waals surface area contributed by atoms with Crippen LogP contribution < -0.4 is 14.8 Å². The number of carbonyl (C=O) groups excluding carboxylic acids is 2. The Morgan fingerprint density at radius 3 is 2.48 bits per heavy atom. The summed E-state index contributed by atoms with van der Waals surface area (Å²) in [5, 5.41) is 3.00. The largest absolute Gasteiger partial charge is 0.490 e. The van der Waals surface area contributed by atoms with Crippen LogP contribution in [0, 0.1) is 11.8 Å². The van der Waals surface area contributed by atoms with Gasteiger partial charge >= 0.3 is 5.97 Å². The van der Waals surface area contributed by atoms with Gasteiger partial charge < -0.3 is 19.5 Å². The first kappa shape index (κ1) is 21.1. The first-order chi connectivity index (χ1) is 13.0. The van der Waals surface area contributed by atoms with Gasteiger partial charge in [-0.1, -0.05) is 26.7 Å². The molecule has 6 heteroatoms. The Morgan fingerprint density at radius 1 is 1.07 bits per heavy atom. The van der Waals surface area contributed by atoms with Gasteiger partial charge in [-0.25, -0.2) is 4.79 Å². The molecular weight excluding hydrogens is 346 g/mol. The van der Waals surface area contributed by atoms with Crippen molar-refractivity contribution in [2.45, 2.75) is 53.0 Å². The highest BCUT2D eigenvalue weighted by Gasteiger charge is 2.28. The number of rotatable bonds is 8. The van der Waals surface area contributed by atoms with Gasteiger partial charge in [0.05, 0.1) is 18.8 Å². The van der Waals surface area contributed by atoms with Crippen molar-refractivity contribution < 1.29 is 23.8 Å². The van der Waals surface area contributed by atoms with Crippen LogP contribution in [-0.2, 0) is 9.53 Å². The van der Waals surface area contributed by atoms with Gasteiger partial charge in [0.2, 0.25) is 0 Å². The molecule has 0 aromatic heterocycles. The minimum Gasteiger partial charge on any atom is -0.490 e. The molecule has 0 bridgehead atoms. The molecule has 0 radical (unpaired) electrons. The Bertz CT molecular complexity index is 645. The number of hydrogen-bond acceptors (Lipinski definition) is 5. The fraction of sp³-hybridized carbons (Fsp3) is 0.619. The second kappa shape index (κ2) is 10.2. The number of nitrogens with one attached hydrogen (secondary N) is 1. The smallest absolute Gasteiger partial charge is 0.338 e. The van der Waals surface area contributed by atoms with Crippen LogP contribution in [0.4, 0.5) is 0 Å². The molecule has 1 N–H and O–H groups in total. The standard InChI is InChI=1S/C21H31NO5/c1-5-25-18-11-10-16(12-19(18)26-6-2)21(24)27-13-20(23)22-17-9-7-8-14(3)15(17)4/h10-12,14-15,17H,5-9,13H2,1-4H3,(H,22,23)/t14-,15-,17+/m0/s1. The minimum atomic E-state index is -0.556. The van der Waals surface area contributed by atoms with Crippen LogP contribution in [0.2, 0.25) is 0 Å². The molecule has 3 atom stereocenters. The van der Waals surface area contributed by atoms with Crippen molar-refractivity contribution in [2.75, 3.05) is 19.8 Å². The zero-order valence-corrected chi connectivity index (χ0v) is 16.7. The molecule has 1 amide bonds. The van der Waals surface area contributed by atoms with Gasteiger partial charge in [-0.3, -0.25) is 4.79 Å². The van der Waals surface area contributed by atoms with Crippen LogP contribution in [0.15, 0.2) is 18.2 Å². The molecule has 1 fully saturated rings. The lowest BCUT2D eigenvalue weighted by Crippen LogP contribution is -2.45. The Kier molecular flexibility index (Phi) is 7.95. The molecule has 0 heterocycles. The van der Waals surface area contributed by atoms with Gasteiger partial charge in [0.25, 0.3) is 5.91 Å². The highest BCUT2D eigenvalue weighted by atomic mass is 16.5. The number of esters is 1. The lowest BCUT2D eigenvalue weighted by molar-refractivity contribution is -0.125. The molecule has 2 rings (SSSR count). The van der Waals surface area contributed by atoms with Gasteiger partial charge in [0.1, 0.15) is 0 Å². The van der Waals surface area contributed by atoms with Crippen molar-refractivity contribution in [1.82, 2.24) is 5.32 Å². The second-order valence-corrected chi connectivity index (χ2v) is 7.04. The molecular formula is C21H31NO5. The van der Waals surface area contributed by atoms with E-state index >= 15 is 0 Å². The maximum absolute atomic E-state index is 12.3. The van der Waals surface area contributed by atoms with Crippen molar-refractivity contribution in [1.29, 1.82) is 0 Å². The van der Waals surface area contributed by atoms with E-state index in [1.54, 1.807) is 18.2 Å². The molecule has 1 aliphatic carbocycles. The van der Waals surface area contributed by atoms with Crippen molar-refractivity contribution in [2.24, 2.45) is 11.8 Å². The van der Waals surface area contributed by atoms with Crippen LogP contribution in [0.25, 0.3) is 0 Å². The van der Waals surface area contributed by atoms with Gasteiger partial charge in [0, 0.05) is 6.04 Å². The predicted octanol–water partition coefficient (Wildman–Crippen LogP) is 3.58. The van der Waals surface area contributed by atoms with Gasteiger partial charge in [0.15, 0.2) is 18.1 Å². The Hall–Kier alpha value is -2.24. The summed E-state index contributed by atoms with van der Waals surface area (Å²) in [5.74, 6) is 1.27. The number of benzene rings is 1. The minimum absolute atomic E-state index is 0.148. The third kappa shape index (κ3) is 5.88. The lowest BCUT2D eigenvalue weighted by atomic mass is 9.78. The van der Waals surface area contributed by atoms with Crippen LogP contribution >= 0.6 is 0 Å². The van der Waals surface area contributed by atoms with E-state index in [-0.39, 0.29) is 18.6 Å². The highest BCUT2D eigenvalue weighted by molar-refractivity contribution is 5.92. The van der Waals surface area contributed by atoms with Crippen LogP contribution in [0.1, 0.15) is 57.3 Å². The van der Waals surface area contributed by atoms with E-state index in [1.807, 2.05) is 13.8 Å². The van der Waals surface area contributed by atoms with Crippen LogP contribution in [0.5, 0.6) is 11.5 Å². The Balaban J connectivity index is 1.91. The average Bonchev–Trinajstić information content (AvgIpc) is 2.65. The number of ether oxygens (including phenoxy) is 3. The van der Waals surface area contributed by atoms with Crippen LogP contribution in [0.3, 0.4) is 0 Å². The summed E-state index contributed by atoms with van der Waals surface area (Å²) in [5.41, 5.74) is 0.328. The summed E-state index contributed by atoms with van der Waals surface area (Å²) in [6.45, 7) is 8.79. The SMILES string of the molecule is CCOc1ccc(C(=O)OCC(=O)N[C@@H]2CCC[C@H](C)[C@@H]2C)cc1OCC. The molecule has 150 valence electrons. The monoisotopic (exact) mass is 377 g/mol. The lowest BCUT2D eigenvalue weighted by Gasteiger charge is -2.34. The Labute approximate surface area is 161 Å². The third-order valence-electron chi connectivity index (χ3n) is 5.17. The summed E-state index contributed by atoms with van der Waals surface area (Å²) in [4.78, 5) is 24.5. The van der Waals surface area contributed by atoms with E-state index in [0.717, 1.165) is 12.8 Å². The number of amides is 1. The van der Waals surface area contributed by atoms with E-state index in [0.29, 0.717) is 42.1 Å². The average molecular weight is 377 g/mol. The molecule has 27 heavy (non-hydrogen) atoms. The highest BCUT2D eigenvalue weighted by Crippen LogP contribution is 2.30. The topological polar surface area (TPSA) is 73.9 Å². The van der Waals surface area contributed by atoms with Gasteiger partial charge in [-0.15, -0.1) is 0 Å². The zero-order chi connectivity index (χ0) is 19.8. The molecule has 1 aromatic rings. The summed E-state index contributed by atoms with van der Waals surface area (Å²) < 4.78 is 16.2. The van der Waals surface area contributed by atoms with Crippen molar-refractivity contribution in [3.05, 3.63) is 23.8 Å². The van der Waals surface area contributed by atoms with Crippen LogP contribution in [-0.4, -0.2) is 37.7 Å². The molecule has 1 aliphatic rings.